The Balaban J connectivity index is 2.69. The molecule has 3 amide bonds. The number of urea groups is 1. The van der Waals surface area contributed by atoms with Crippen molar-refractivity contribution in [2.75, 3.05) is 19.6 Å². The largest absolute Gasteiger partial charge is 0.481 e. The fraction of sp³-hybridized carbons (Fsp3) is 0.750. The summed E-state index contributed by atoms with van der Waals surface area (Å²) in [5.41, 5.74) is 4.09. The zero-order valence-electron chi connectivity index (χ0n) is 11.1. The van der Waals surface area contributed by atoms with E-state index in [0.717, 1.165) is 6.42 Å². The van der Waals surface area contributed by atoms with Crippen LogP contribution in [-0.2, 0) is 9.59 Å². The topological polar surface area (TPSA) is 113 Å². The highest BCUT2D eigenvalue weighted by Gasteiger charge is 2.42. The molecular formula is C12H21N3O4. The van der Waals surface area contributed by atoms with Crippen LogP contribution < -0.4 is 11.1 Å². The number of aliphatic carboxylic acids is 1. The van der Waals surface area contributed by atoms with E-state index in [4.69, 9.17) is 5.73 Å². The average Bonchev–Trinajstić information content (AvgIpc) is 2.36. The normalized spacial score (nSPS) is 22.9. The van der Waals surface area contributed by atoms with Gasteiger partial charge in [0.05, 0.1) is 12.0 Å². The molecule has 1 fully saturated rings. The quantitative estimate of drug-likeness (QED) is 0.660. The van der Waals surface area contributed by atoms with Gasteiger partial charge in [0.1, 0.15) is 0 Å². The number of likely N-dealkylation sites (tertiary alicyclic amines) is 1. The lowest BCUT2D eigenvalue weighted by Crippen LogP contribution is -2.53. The molecule has 0 radical (unpaired) electrons. The first-order chi connectivity index (χ1) is 8.91. The van der Waals surface area contributed by atoms with Gasteiger partial charge in [-0.15, -0.1) is 0 Å². The van der Waals surface area contributed by atoms with Crippen LogP contribution in [0.15, 0.2) is 0 Å². The number of carbonyl (C=O) groups is 3. The summed E-state index contributed by atoms with van der Waals surface area (Å²) in [5.74, 6) is -1.48. The molecule has 0 aromatic rings. The second-order valence-electron chi connectivity index (χ2n) is 4.99. The van der Waals surface area contributed by atoms with Gasteiger partial charge in [0, 0.05) is 13.1 Å². The smallest absolute Gasteiger partial charge is 0.317 e. The second-order valence-corrected chi connectivity index (χ2v) is 4.99. The van der Waals surface area contributed by atoms with Gasteiger partial charge in [-0.1, -0.05) is 13.3 Å². The molecule has 1 unspecified atom stereocenters. The molecule has 0 saturated carbocycles. The van der Waals surface area contributed by atoms with E-state index >= 15 is 0 Å². The van der Waals surface area contributed by atoms with E-state index in [2.05, 4.69) is 5.32 Å². The van der Waals surface area contributed by atoms with Crippen LogP contribution in [0.1, 0.15) is 32.6 Å². The average molecular weight is 271 g/mol. The number of piperidine rings is 1. The molecule has 0 bridgehead atoms. The van der Waals surface area contributed by atoms with Crippen molar-refractivity contribution in [2.24, 2.45) is 11.1 Å². The number of hydrogen-bond acceptors (Lipinski definition) is 3. The SMILES string of the molecule is CCCC1(C(=O)O)CCCN(C(=O)NCC(N)=O)C1. The molecule has 7 heteroatoms. The number of hydrogen-bond donors (Lipinski definition) is 3. The maximum absolute atomic E-state index is 11.8. The third kappa shape index (κ3) is 3.84. The Morgan fingerprint density at radius 1 is 1.42 bits per heavy atom. The van der Waals surface area contributed by atoms with Gasteiger partial charge in [-0.25, -0.2) is 4.79 Å². The summed E-state index contributed by atoms with van der Waals surface area (Å²) in [6.45, 7) is 2.38. The molecule has 19 heavy (non-hydrogen) atoms. The minimum Gasteiger partial charge on any atom is -0.481 e. The predicted octanol–water partition coefficient (Wildman–Crippen LogP) is 0.148. The third-order valence-electron chi connectivity index (χ3n) is 3.46. The molecule has 7 nitrogen and oxygen atoms in total. The molecule has 0 spiro atoms. The van der Waals surface area contributed by atoms with Gasteiger partial charge in [0.15, 0.2) is 0 Å². The third-order valence-corrected chi connectivity index (χ3v) is 3.46. The number of nitrogens with two attached hydrogens (primary N) is 1. The van der Waals surface area contributed by atoms with Gasteiger partial charge in [0.25, 0.3) is 0 Å². The van der Waals surface area contributed by atoms with Crippen LogP contribution in [0.4, 0.5) is 4.79 Å². The number of carbonyl (C=O) groups excluding carboxylic acids is 2. The summed E-state index contributed by atoms with van der Waals surface area (Å²) in [7, 11) is 0. The first-order valence-corrected chi connectivity index (χ1v) is 6.46. The highest BCUT2D eigenvalue weighted by Crippen LogP contribution is 2.35. The van der Waals surface area contributed by atoms with Crippen LogP contribution in [0, 0.1) is 5.41 Å². The van der Waals surface area contributed by atoms with Crippen LogP contribution in [-0.4, -0.2) is 47.5 Å². The van der Waals surface area contributed by atoms with Crippen molar-refractivity contribution < 1.29 is 19.5 Å². The summed E-state index contributed by atoms with van der Waals surface area (Å²) in [6.07, 6.45) is 2.52. The molecule has 1 heterocycles. The summed E-state index contributed by atoms with van der Waals surface area (Å²) < 4.78 is 0. The van der Waals surface area contributed by atoms with E-state index in [-0.39, 0.29) is 13.1 Å². The van der Waals surface area contributed by atoms with Crippen molar-refractivity contribution in [1.29, 1.82) is 0 Å². The van der Waals surface area contributed by atoms with E-state index in [1.165, 1.54) is 4.90 Å². The molecule has 0 aromatic carbocycles. The number of nitrogens with zero attached hydrogens (tertiary/aromatic N) is 1. The molecule has 1 atom stereocenters. The van der Waals surface area contributed by atoms with Gasteiger partial charge in [0.2, 0.25) is 5.91 Å². The number of amides is 3. The minimum absolute atomic E-state index is 0.181. The molecule has 1 aliphatic rings. The molecule has 0 aromatic heterocycles. The predicted molar refractivity (Wildman–Crippen MR) is 68.4 cm³/mol. The van der Waals surface area contributed by atoms with Crippen LogP contribution in [0.25, 0.3) is 0 Å². The Kier molecular flexibility index (Phi) is 5.14. The number of carboxylic acids is 1. The van der Waals surface area contributed by atoms with Crippen molar-refractivity contribution in [1.82, 2.24) is 10.2 Å². The lowest BCUT2D eigenvalue weighted by molar-refractivity contribution is -0.152. The maximum Gasteiger partial charge on any atom is 0.317 e. The number of nitrogens with one attached hydrogen (secondary N) is 1. The van der Waals surface area contributed by atoms with Crippen LogP contribution in [0.3, 0.4) is 0 Å². The van der Waals surface area contributed by atoms with E-state index in [0.29, 0.717) is 25.8 Å². The molecule has 4 N–H and O–H groups in total. The van der Waals surface area contributed by atoms with Crippen molar-refractivity contribution in [2.45, 2.75) is 32.6 Å². The Morgan fingerprint density at radius 2 is 2.11 bits per heavy atom. The number of primary amides is 1. The fourth-order valence-corrected chi connectivity index (χ4v) is 2.54. The Hall–Kier alpha value is -1.79. The zero-order valence-corrected chi connectivity index (χ0v) is 11.1. The summed E-state index contributed by atoms with van der Waals surface area (Å²) in [5, 5.41) is 11.8. The highest BCUT2D eigenvalue weighted by atomic mass is 16.4. The van der Waals surface area contributed by atoms with Gasteiger partial charge < -0.3 is 21.1 Å². The zero-order chi connectivity index (χ0) is 14.5. The molecule has 1 aliphatic heterocycles. The van der Waals surface area contributed by atoms with Gasteiger partial charge in [-0.3, -0.25) is 9.59 Å². The van der Waals surface area contributed by atoms with Crippen molar-refractivity contribution in [3.8, 4) is 0 Å². The van der Waals surface area contributed by atoms with Crippen LogP contribution >= 0.6 is 0 Å². The van der Waals surface area contributed by atoms with Crippen molar-refractivity contribution >= 4 is 17.9 Å². The van der Waals surface area contributed by atoms with Crippen LogP contribution in [0.2, 0.25) is 0 Å². The van der Waals surface area contributed by atoms with Crippen LogP contribution in [0.5, 0.6) is 0 Å². The molecule has 108 valence electrons. The lowest BCUT2D eigenvalue weighted by atomic mass is 9.76. The summed E-state index contributed by atoms with van der Waals surface area (Å²) >= 11 is 0. The summed E-state index contributed by atoms with van der Waals surface area (Å²) in [6, 6.07) is -0.430. The molecular weight excluding hydrogens is 250 g/mol. The van der Waals surface area contributed by atoms with Crippen molar-refractivity contribution in [3.05, 3.63) is 0 Å². The first kappa shape index (κ1) is 15.3. The Bertz CT molecular complexity index is 368. The molecule has 1 saturated heterocycles. The first-order valence-electron chi connectivity index (χ1n) is 6.46. The Morgan fingerprint density at radius 3 is 2.63 bits per heavy atom. The standard InChI is InChI=1S/C12H21N3O4/c1-2-4-12(10(17)18)5-3-6-15(8-12)11(19)14-7-9(13)16/h2-8H2,1H3,(H2,13,16)(H,14,19)(H,17,18). The van der Waals surface area contributed by atoms with E-state index in [1.807, 2.05) is 6.92 Å². The van der Waals surface area contributed by atoms with Gasteiger partial charge in [-0.2, -0.15) is 0 Å². The highest BCUT2D eigenvalue weighted by molar-refractivity contribution is 5.83. The Labute approximate surface area is 112 Å². The molecule has 0 aliphatic carbocycles. The lowest BCUT2D eigenvalue weighted by Gasteiger charge is -2.39. The van der Waals surface area contributed by atoms with E-state index < -0.39 is 23.3 Å². The second kappa shape index (κ2) is 6.40. The maximum atomic E-state index is 11.8. The number of carboxylic acid groups (broad SMARTS) is 1. The van der Waals surface area contributed by atoms with Gasteiger partial charge in [-0.05, 0) is 19.3 Å². The van der Waals surface area contributed by atoms with Crippen molar-refractivity contribution in [3.63, 3.8) is 0 Å². The van der Waals surface area contributed by atoms with Gasteiger partial charge >= 0.3 is 12.0 Å². The monoisotopic (exact) mass is 271 g/mol. The summed E-state index contributed by atoms with van der Waals surface area (Å²) in [4.78, 5) is 35.4. The van der Waals surface area contributed by atoms with E-state index in [9.17, 15) is 19.5 Å². The number of rotatable bonds is 5. The van der Waals surface area contributed by atoms with E-state index in [1.54, 1.807) is 0 Å². The molecule has 1 rings (SSSR count). The minimum atomic E-state index is -0.864. The fourth-order valence-electron chi connectivity index (χ4n) is 2.54.